The second-order valence-electron chi connectivity index (χ2n) is 8.79. The molecule has 3 aromatic rings. The van der Waals surface area contributed by atoms with Crippen LogP contribution in [0.1, 0.15) is 56.6 Å². The molecule has 0 aliphatic heterocycles. The minimum Gasteiger partial charge on any atom is -0.491 e. The fourth-order valence-corrected chi connectivity index (χ4v) is 4.56. The van der Waals surface area contributed by atoms with Crippen LogP contribution in [0.3, 0.4) is 0 Å². The maximum atomic E-state index is 15.1. The highest BCUT2D eigenvalue weighted by atomic mass is 19.2. The van der Waals surface area contributed by atoms with Crippen molar-refractivity contribution in [1.82, 2.24) is 0 Å². The van der Waals surface area contributed by atoms with E-state index in [1.165, 1.54) is 24.3 Å². The van der Waals surface area contributed by atoms with Crippen LogP contribution in [0.4, 0.5) is 26.3 Å². The molecule has 0 bridgehead atoms. The standard InChI is InChI=1S/C29H26F6O2/c1-3-15-37-23-13-11-19(25(31)29(23)35)17-7-5-16(6-8-17)18-9-10-20(26(32)24(18)30)21-12-14-22(36-4-2)28(34)27(21)33/h5,9-14,17H,3-4,6-8,15H2,1-2H3. The van der Waals surface area contributed by atoms with E-state index in [4.69, 9.17) is 9.47 Å². The van der Waals surface area contributed by atoms with Gasteiger partial charge in [-0.05, 0) is 67.9 Å². The minimum atomic E-state index is -1.34. The summed E-state index contributed by atoms with van der Waals surface area (Å²) in [7, 11) is 0. The lowest BCUT2D eigenvalue weighted by atomic mass is 9.82. The smallest absolute Gasteiger partial charge is 0.201 e. The molecule has 37 heavy (non-hydrogen) atoms. The molecular weight excluding hydrogens is 494 g/mol. The van der Waals surface area contributed by atoms with Gasteiger partial charge >= 0.3 is 0 Å². The number of allylic oxidation sites excluding steroid dienone is 2. The summed E-state index contributed by atoms with van der Waals surface area (Å²) >= 11 is 0. The predicted octanol–water partition coefficient (Wildman–Crippen LogP) is 8.73. The predicted molar refractivity (Wildman–Crippen MR) is 130 cm³/mol. The van der Waals surface area contributed by atoms with Gasteiger partial charge in [-0.2, -0.15) is 8.78 Å². The summed E-state index contributed by atoms with van der Waals surface area (Å²) in [5.41, 5.74) is -0.155. The van der Waals surface area contributed by atoms with Crippen molar-refractivity contribution < 1.29 is 35.8 Å². The molecule has 0 radical (unpaired) electrons. The Hall–Kier alpha value is -3.42. The first-order valence-corrected chi connectivity index (χ1v) is 12.2. The van der Waals surface area contributed by atoms with Crippen LogP contribution in [-0.2, 0) is 0 Å². The number of benzene rings is 3. The topological polar surface area (TPSA) is 18.5 Å². The Kier molecular flexibility index (Phi) is 8.15. The molecule has 4 rings (SSSR count). The van der Waals surface area contributed by atoms with Crippen molar-refractivity contribution in [2.75, 3.05) is 13.2 Å². The van der Waals surface area contributed by atoms with E-state index in [0.717, 1.165) is 12.1 Å². The van der Waals surface area contributed by atoms with Crippen molar-refractivity contribution in [3.63, 3.8) is 0 Å². The van der Waals surface area contributed by atoms with Crippen molar-refractivity contribution in [2.45, 2.75) is 45.4 Å². The van der Waals surface area contributed by atoms with Crippen LogP contribution in [0.2, 0.25) is 0 Å². The zero-order chi connectivity index (χ0) is 26.7. The van der Waals surface area contributed by atoms with E-state index >= 15 is 8.78 Å². The van der Waals surface area contributed by atoms with Crippen molar-refractivity contribution in [3.05, 3.63) is 88.5 Å². The highest BCUT2D eigenvalue weighted by Gasteiger charge is 2.26. The lowest BCUT2D eigenvalue weighted by Crippen LogP contribution is -2.09. The Bertz CT molecular complexity index is 1330. The summed E-state index contributed by atoms with van der Waals surface area (Å²) < 4.78 is 98.2. The first-order chi connectivity index (χ1) is 17.8. The number of hydrogen-bond acceptors (Lipinski definition) is 2. The molecule has 1 unspecified atom stereocenters. The second-order valence-corrected chi connectivity index (χ2v) is 8.79. The van der Waals surface area contributed by atoms with Crippen LogP contribution >= 0.6 is 0 Å². The number of ether oxygens (including phenoxy) is 2. The van der Waals surface area contributed by atoms with Gasteiger partial charge in [0.05, 0.1) is 13.2 Å². The molecule has 1 aliphatic carbocycles. The van der Waals surface area contributed by atoms with E-state index < -0.39 is 46.0 Å². The largest absolute Gasteiger partial charge is 0.491 e. The Balaban J connectivity index is 1.58. The molecule has 2 nitrogen and oxygen atoms in total. The van der Waals surface area contributed by atoms with Gasteiger partial charge in [0.2, 0.25) is 11.6 Å². The number of rotatable bonds is 8. The first-order valence-electron chi connectivity index (χ1n) is 12.2. The van der Waals surface area contributed by atoms with E-state index in [2.05, 4.69) is 0 Å². The number of hydrogen-bond donors (Lipinski definition) is 0. The van der Waals surface area contributed by atoms with Gasteiger partial charge in [-0.15, -0.1) is 0 Å². The maximum Gasteiger partial charge on any atom is 0.201 e. The van der Waals surface area contributed by atoms with Gasteiger partial charge in [-0.25, -0.2) is 17.6 Å². The normalized spacial score (nSPS) is 15.5. The minimum absolute atomic E-state index is 0.0125. The SMILES string of the molecule is CCCOc1ccc(C2CC=C(c3ccc(-c4ccc(OCC)c(F)c4F)c(F)c3F)CC2)c(F)c1F. The molecule has 0 amide bonds. The zero-order valence-electron chi connectivity index (χ0n) is 20.4. The Morgan fingerprint density at radius 2 is 1.24 bits per heavy atom. The highest BCUT2D eigenvalue weighted by Crippen LogP contribution is 2.41. The summed E-state index contributed by atoms with van der Waals surface area (Å²) in [4.78, 5) is 0. The van der Waals surface area contributed by atoms with Gasteiger partial charge in [0, 0.05) is 16.7 Å². The summed E-state index contributed by atoms with van der Waals surface area (Å²) in [6.45, 7) is 3.85. The average molecular weight is 521 g/mol. The monoisotopic (exact) mass is 520 g/mol. The summed E-state index contributed by atoms with van der Waals surface area (Å²) in [5.74, 6) is -7.92. The first kappa shape index (κ1) is 26.6. The molecule has 0 saturated carbocycles. The van der Waals surface area contributed by atoms with E-state index in [1.807, 2.05) is 6.92 Å². The lowest BCUT2D eigenvalue weighted by Gasteiger charge is -2.24. The molecule has 0 heterocycles. The van der Waals surface area contributed by atoms with Crippen LogP contribution in [0.15, 0.2) is 42.5 Å². The van der Waals surface area contributed by atoms with Crippen LogP contribution in [0.5, 0.6) is 11.5 Å². The van der Waals surface area contributed by atoms with Crippen molar-refractivity contribution in [3.8, 4) is 22.6 Å². The molecule has 196 valence electrons. The molecule has 8 heteroatoms. The quantitative estimate of drug-likeness (QED) is 0.277. The van der Waals surface area contributed by atoms with Crippen LogP contribution < -0.4 is 9.47 Å². The molecule has 0 fully saturated rings. The molecule has 0 N–H and O–H groups in total. The van der Waals surface area contributed by atoms with Gasteiger partial charge < -0.3 is 9.47 Å². The molecule has 3 aromatic carbocycles. The summed E-state index contributed by atoms with van der Waals surface area (Å²) in [5, 5.41) is 0. The van der Waals surface area contributed by atoms with Crippen LogP contribution in [0, 0.1) is 34.9 Å². The van der Waals surface area contributed by atoms with Crippen molar-refractivity contribution in [2.24, 2.45) is 0 Å². The van der Waals surface area contributed by atoms with E-state index in [9.17, 15) is 17.6 Å². The molecule has 0 aromatic heterocycles. The molecule has 0 spiro atoms. The van der Waals surface area contributed by atoms with Crippen molar-refractivity contribution in [1.29, 1.82) is 0 Å². The third-order valence-corrected chi connectivity index (χ3v) is 6.45. The molecule has 0 saturated heterocycles. The second kappa shape index (κ2) is 11.3. The molecule has 1 atom stereocenters. The third kappa shape index (κ3) is 5.20. The van der Waals surface area contributed by atoms with Gasteiger partial charge in [0.25, 0.3) is 0 Å². The molecular formula is C29H26F6O2. The number of halogens is 6. The summed E-state index contributed by atoms with van der Waals surface area (Å²) in [6.07, 6.45) is 3.30. The van der Waals surface area contributed by atoms with Gasteiger partial charge in [0.1, 0.15) is 0 Å². The van der Waals surface area contributed by atoms with Gasteiger partial charge in [-0.1, -0.05) is 31.2 Å². The Morgan fingerprint density at radius 3 is 1.89 bits per heavy atom. The van der Waals surface area contributed by atoms with E-state index in [0.29, 0.717) is 31.3 Å². The lowest BCUT2D eigenvalue weighted by molar-refractivity contribution is 0.294. The van der Waals surface area contributed by atoms with E-state index in [1.54, 1.807) is 13.0 Å². The fraction of sp³-hybridized carbons (Fsp3) is 0.310. The van der Waals surface area contributed by atoms with Crippen molar-refractivity contribution >= 4 is 5.57 Å². The third-order valence-electron chi connectivity index (χ3n) is 6.45. The average Bonchev–Trinajstić information content (AvgIpc) is 2.90. The summed E-state index contributed by atoms with van der Waals surface area (Å²) in [6, 6.07) is 7.71. The Labute approximate surface area is 211 Å². The molecule has 1 aliphatic rings. The highest BCUT2D eigenvalue weighted by molar-refractivity contribution is 5.73. The zero-order valence-corrected chi connectivity index (χ0v) is 20.4. The van der Waals surface area contributed by atoms with Crippen LogP contribution in [-0.4, -0.2) is 13.2 Å². The van der Waals surface area contributed by atoms with E-state index in [-0.39, 0.29) is 41.8 Å². The Morgan fingerprint density at radius 1 is 0.676 bits per heavy atom. The van der Waals surface area contributed by atoms with Gasteiger partial charge in [-0.3, -0.25) is 0 Å². The maximum absolute atomic E-state index is 15.1. The van der Waals surface area contributed by atoms with Gasteiger partial charge in [0.15, 0.2) is 34.8 Å². The fourth-order valence-electron chi connectivity index (χ4n) is 4.56. The van der Waals surface area contributed by atoms with Crippen LogP contribution in [0.25, 0.3) is 16.7 Å².